The van der Waals surface area contributed by atoms with Gasteiger partial charge in [0, 0.05) is 12.6 Å². The number of hydrogen-bond donors (Lipinski definition) is 2. The van der Waals surface area contributed by atoms with Gasteiger partial charge < -0.3 is 11.1 Å². The molecule has 0 radical (unpaired) electrons. The van der Waals surface area contributed by atoms with E-state index >= 15 is 0 Å². The minimum absolute atomic E-state index is 0.211. The summed E-state index contributed by atoms with van der Waals surface area (Å²) in [7, 11) is 0. The molecule has 17 heavy (non-hydrogen) atoms. The maximum atomic E-state index is 5.68. The summed E-state index contributed by atoms with van der Waals surface area (Å²) >= 11 is 0. The van der Waals surface area contributed by atoms with Gasteiger partial charge in [-0.2, -0.15) is 0 Å². The SMILES string of the molecule is CCCC(CN)Nc1nnc2ccccc2n1. The molecule has 5 heteroatoms. The third-order valence-electron chi connectivity index (χ3n) is 2.62. The lowest BCUT2D eigenvalue weighted by atomic mass is 10.2. The predicted molar refractivity (Wildman–Crippen MR) is 68.7 cm³/mol. The van der Waals surface area contributed by atoms with Crippen LogP contribution in [0.5, 0.6) is 0 Å². The Balaban J connectivity index is 2.18. The summed E-state index contributed by atoms with van der Waals surface area (Å²) in [5, 5.41) is 11.4. The number of hydrogen-bond acceptors (Lipinski definition) is 5. The predicted octanol–water partition coefficient (Wildman–Crippen LogP) is 1.56. The highest BCUT2D eigenvalue weighted by Crippen LogP contribution is 2.10. The Bertz CT molecular complexity index is 485. The van der Waals surface area contributed by atoms with Crippen LogP contribution in [0.25, 0.3) is 11.0 Å². The molecular weight excluding hydrogens is 214 g/mol. The van der Waals surface area contributed by atoms with E-state index in [4.69, 9.17) is 5.73 Å². The summed E-state index contributed by atoms with van der Waals surface area (Å²) in [6, 6.07) is 7.89. The van der Waals surface area contributed by atoms with Crippen LogP contribution in [0.4, 0.5) is 5.95 Å². The molecule has 1 unspecified atom stereocenters. The first-order valence-corrected chi connectivity index (χ1v) is 5.89. The van der Waals surface area contributed by atoms with Gasteiger partial charge in [-0.1, -0.05) is 25.5 Å². The van der Waals surface area contributed by atoms with Crippen molar-refractivity contribution in [1.82, 2.24) is 15.2 Å². The molecule has 2 aromatic rings. The zero-order chi connectivity index (χ0) is 12.1. The topological polar surface area (TPSA) is 76.7 Å². The van der Waals surface area contributed by atoms with Crippen molar-refractivity contribution in [3.8, 4) is 0 Å². The molecule has 0 amide bonds. The van der Waals surface area contributed by atoms with E-state index in [0.29, 0.717) is 12.5 Å². The molecule has 0 spiro atoms. The van der Waals surface area contributed by atoms with Crippen LogP contribution in [0.3, 0.4) is 0 Å². The highest BCUT2D eigenvalue weighted by Gasteiger charge is 2.07. The first-order chi connectivity index (χ1) is 8.33. The van der Waals surface area contributed by atoms with Crippen LogP contribution < -0.4 is 11.1 Å². The van der Waals surface area contributed by atoms with Gasteiger partial charge in [-0.3, -0.25) is 0 Å². The lowest BCUT2D eigenvalue weighted by molar-refractivity contribution is 0.641. The molecule has 0 bridgehead atoms. The number of fused-ring (bicyclic) bond motifs is 1. The van der Waals surface area contributed by atoms with E-state index in [-0.39, 0.29) is 6.04 Å². The Morgan fingerprint density at radius 1 is 1.24 bits per heavy atom. The van der Waals surface area contributed by atoms with Crippen molar-refractivity contribution < 1.29 is 0 Å². The van der Waals surface area contributed by atoms with Gasteiger partial charge in [-0.15, -0.1) is 10.2 Å². The van der Waals surface area contributed by atoms with Crippen molar-refractivity contribution in [2.45, 2.75) is 25.8 Å². The Morgan fingerprint density at radius 3 is 2.71 bits per heavy atom. The average Bonchev–Trinajstić information content (AvgIpc) is 2.38. The van der Waals surface area contributed by atoms with Crippen LogP contribution >= 0.6 is 0 Å². The summed E-state index contributed by atoms with van der Waals surface area (Å²) in [6.45, 7) is 2.70. The number of nitrogens with two attached hydrogens (primary N) is 1. The van der Waals surface area contributed by atoms with Crippen molar-refractivity contribution in [2.24, 2.45) is 5.73 Å². The van der Waals surface area contributed by atoms with E-state index in [0.717, 1.165) is 23.9 Å². The monoisotopic (exact) mass is 231 g/mol. The number of nitrogens with zero attached hydrogens (tertiary/aromatic N) is 3. The van der Waals surface area contributed by atoms with Gasteiger partial charge in [0.2, 0.25) is 5.95 Å². The number of benzene rings is 1. The van der Waals surface area contributed by atoms with E-state index in [2.05, 4.69) is 27.4 Å². The zero-order valence-corrected chi connectivity index (χ0v) is 9.93. The van der Waals surface area contributed by atoms with Gasteiger partial charge >= 0.3 is 0 Å². The van der Waals surface area contributed by atoms with Crippen molar-refractivity contribution in [3.63, 3.8) is 0 Å². The molecule has 0 fully saturated rings. The summed E-state index contributed by atoms with van der Waals surface area (Å²) < 4.78 is 0. The minimum atomic E-state index is 0.211. The van der Waals surface area contributed by atoms with Crippen LogP contribution in [0.2, 0.25) is 0 Å². The Morgan fingerprint density at radius 2 is 2.00 bits per heavy atom. The molecule has 1 atom stereocenters. The molecule has 1 aromatic heterocycles. The van der Waals surface area contributed by atoms with Crippen molar-refractivity contribution in [3.05, 3.63) is 24.3 Å². The standard InChI is InChI=1S/C12H17N5/c1-2-5-9(8-13)14-12-15-10-6-3-4-7-11(10)16-17-12/h3-4,6-7,9H,2,5,8,13H2,1H3,(H,14,15,17). The molecule has 1 aromatic carbocycles. The Kier molecular flexibility index (Phi) is 3.82. The molecule has 2 rings (SSSR count). The van der Waals surface area contributed by atoms with Crippen LogP contribution in [0.15, 0.2) is 24.3 Å². The summed E-state index contributed by atoms with van der Waals surface area (Å²) in [6.07, 6.45) is 2.09. The number of rotatable bonds is 5. The molecule has 0 aliphatic carbocycles. The van der Waals surface area contributed by atoms with E-state index in [9.17, 15) is 0 Å². The molecular formula is C12H17N5. The van der Waals surface area contributed by atoms with Crippen LogP contribution in [-0.4, -0.2) is 27.8 Å². The van der Waals surface area contributed by atoms with Gasteiger partial charge in [0.15, 0.2) is 0 Å². The Hall–Kier alpha value is -1.75. The minimum Gasteiger partial charge on any atom is -0.349 e. The maximum Gasteiger partial charge on any atom is 0.243 e. The van der Waals surface area contributed by atoms with Gasteiger partial charge in [0.05, 0.1) is 5.52 Å². The summed E-state index contributed by atoms with van der Waals surface area (Å²) in [5.74, 6) is 0.549. The Labute approximate surface area is 100 Å². The first-order valence-electron chi connectivity index (χ1n) is 5.89. The number of nitrogens with one attached hydrogen (secondary N) is 1. The van der Waals surface area contributed by atoms with Gasteiger partial charge in [-0.05, 0) is 18.6 Å². The van der Waals surface area contributed by atoms with Crippen LogP contribution in [0.1, 0.15) is 19.8 Å². The molecule has 1 heterocycles. The second kappa shape index (κ2) is 5.54. The fourth-order valence-corrected chi connectivity index (χ4v) is 1.72. The first kappa shape index (κ1) is 11.7. The third-order valence-corrected chi connectivity index (χ3v) is 2.62. The fourth-order valence-electron chi connectivity index (χ4n) is 1.72. The molecule has 0 saturated heterocycles. The second-order valence-corrected chi connectivity index (χ2v) is 3.99. The average molecular weight is 231 g/mol. The van der Waals surface area contributed by atoms with Crippen LogP contribution in [-0.2, 0) is 0 Å². The quantitative estimate of drug-likeness (QED) is 0.816. The van der Waals surface area contributed by atoms with E-state index in [1.54, 1.807) is 0 Å². The summed E-state index contributed by atoms with van der Waals surface area (Å²) in [4.78, 5) is 4.40. The number of anilines is 1. The smallest absolute Gasteiger partial charge is 0.243 e. The number of para-hydroxylation sites is 1. The second-order valence-electron chi connectivity index (χ2n) is 3.99. The van der Waals surface area contributed by atoms with Crippen molar-refractivity contribution >= 4 is 17.0 Å². The van der Waals surface area contributed by atoms with E-state index in [1.807, 2.05) is 24.3 Å². The van der Waals surface area contributed by atoms with Gasteiger partial charge in [0.25, 0.3) is 0 Å². The lowest BCUT2D eigenvalue weighted by Crippen LogP contribution is -2.29. The van der Waals surface area contributed by atoms with E-state index < -0.39 is 0 Å². The van der Waals surface area contributed by atoms with Crippen molar-refractivity contribution in [2.75, 3.05) is 11.9 Å². The largest absolute Gasteiger partial charge is 0.349 e. The molecule has 3 N–H and O–H groups in total. The highest BCUT2D eigenvalue weighted by atomic mass is 15.2. The molecule has 0 aliphatic heterocycles. The third kappa shape index (κ3) is 2.88. The summed E-state index contributed by atoms with van der Waals surface area (Å²) in [5.41, 5.74) is 7.33. The lowest BCUT2D eigenvalue weighted by Gasteiger charge is -2.15. The normalized spacial score (nSPS) is 12.6. The number of aromatic nitrogens is 3. The van der Waals surface area contributed by atoms with Gasteiger partial charge in [0.1, 0.15) is 5.52 Å². The molecule has 90 valence electrons. The molecule has 0 aliphatic rings. The molecule has 5 nitrogen and oxygen atoms in total. The fraction of sp³-hybridized carbons (Fsp3) is 0.417. The highest BCUT2D eigenvalue weighted by molar-refractivity contribution is 5.74. The zero-order valence-electron chi connectivity index (χ0n) is 9.93. The molecule has 0 saturated carbocycles. The van der Waals surface area contributed by atoms with Crippen molar-refractivity contribution in [1.29, 1.82) is 0 Å². The van der Waals surface area contributed by atoms with Crippen LogP contribution in [0, 0.1) is 0 Å². The maximum absolute atomic E-state index is 5.68. The van der Waals surface area contributed by atoms with E-state index in [1.165, 1.54) is 0 Å². The van der Waals surface area contributed by atoms with Gasteiger partial charge in [-0.25, -0.2) is 4.98 Å².